The molecule has 0 saturated carbocycles. The van der Waals surface area contributed by atoms with Crippen molar-refractivity contribution in [2.24, 2.45) is 5.73 Å². The highest BCUT2D eigenvalue weighted by Crippen LogP contribution is 2.18. The molecule has 0 bridgehead atoms. The van der Waals surface area contributed by atoms with Gasteiger partial charge in [-0.2, -0.15) is 0 Å². The molecular weight excluding hydrogens is 216 g/mol. The van der Waals surface area contributed by atoms with Crippen molar-refractivity contribution in [2.75, 3.05) is 6.54 Å². The molecule has 0 aliphatic rings. The monoisotopic (exact) mass is 234 g/mol. The summed E-state index contributed by atoms with van der Waals surface area (Å²) in [5.41, 5.74) is 6.47. The van der Waals surface area contributed by atoms with Crippen LogP contribution in [0.25, 0.3) is 0 Å². The minimum absolute atomic E-state index is 0.170. The highest BCUT2D eigenvalue weighted by atomic mass is 16.5. The summed E-state index contributed by atoms with van der Waals surface area (Å²) in [7, 11) is 0. The Kier molecular flexibility index (Phi) is 5.23. The van der Waals surface area contributed by atoms with Crippen LogP contribution in [-0.4, -0.2) is 18.6 Å². The van der Waals surface area contributed by atoms with Gasteiger partial charge in [-0.3, -0.25) is 4.79 Å². The quantitative estimate of drug-likeness (QED) is 0.727. The number of hydrogen-bond donors (Lipinski definition) is 2. The topological polar surface area (TPSA) is 64.3 Å². The minimum atomic E-state index is -0.553. The molecule has 1 amide bonds. The number of para-hydroxylation sites is 1. The summed E-state index contributed by atoms with van der Waals surface area (Å²) in [6, 6.07) is 7.42. The average molecular weight is 234 g/mol. The molecule has 1 unspecified atom stereocenters. The van der Waals surface area contributed by atoms with Crippen molar-refractivity contribution >= 4 is 5.91 Å². The first kappa shape index (κ1) is 13.3. The Hall–Kier alpha value is -1.81. The van der Waals surface area contributed by atoms with Gasteiger partial charge in [-0.1, -0.05) is 24.3 Å². The van der Waals surface area contributed by atoms with Gasteiger partial charge < -0.3 is 15.8 Å². The summed E-state index contributed by atoms with van der Waals surface area (Å²) >= 11 is 0. The van der Waals surface area contributed by atoms with Gasteiger partial charge in [0.05, 0.1) is 0 Å². The Bertz CT molecular complexity index is 391. The molecule has 0 heterocycles. The Balaban J connectivity index is 2.63. The highest BCUT2D eigenvalue weighted by molar-refractivity contribution is 5.80. The van der Waals surface area contributed by atoms with Gasteiger partial charge in [-0.15, -0.1) is 6.58 Å². The van der Waals surface area contributed by atoms with Crippen LogP contribution in [0.1, 0.15) is 12.5 Å². The van der Waals surface area contributed by atoms with Crippen LogP contribution in [-0.2, 0) is 11.3 Å². The molecule has 17 heavy (non-hydrogen) atoms. The zero-order valence-corrected chi connectivity index (χ0v) is 9.98. The predicted molar refractivity (Wildman–Crippen MR) is 67.6 cm³/mol. The Morgan fingerprint density at radius 3 is 2.94 bits per heavy atom. The van der Waals surface area contributed by atoms with E-state index >= 15 is 0 Å². The SMILES string of the molecule is C=CCNC(=O)C(C)Oc1ccccc1CN. The van der Waals surface area contributed by atoms with Crippen LogP contribution in [0.5, 0.6) is 5.75 Å². The van der Waals surface area contributed by atoms with Gasteiger partial charge in [-0.25, -0.2) is 0 Å². The van der Waals surface area contributed by atoms with E-state index < -0.39 is 6.10 Å². The zero-order chi connectivity index (χ0) is 12.7. The summed E-state index contributed by atoms with van der Waals surface area (Å²) in [5.74, 6) is 0.480. The molecular formula is C13H18N2O2. The van der Waals surface area contributed by atoms with E-state index in [1.54, 1.807) is 19.1 Å². The number of nitrogens with one attached hydrogen (secondary N) is 1. The van der Waals surface area contributed by atoms with Gasteiger partial charge in [-0.05, 0) is 13.0 Å². The van der Waals surface area contributed by atoms with E-state index in [0.717, 1.165) is 5.56 Å². The second kappa shape index (κ2) is 6.70. The maximum Gasteiger partial charge on any atom is 0.261 e. The first-order valence-electron chi connectivity index (χ1n) is 5.52. The number of amides is 1. The first-order chi connectivity index (χ1) is 8.19. The molecule has 0 saturated heterocycles. The lowest BCUT2D eigenvalue weighted by molar-refractivity contribution is -0.127. The average Bonchev–Trinajstić information content (AvgIpc) is 2.36. The number of carbonyl (C=O) groups is 1. The maximum atomic E-state index is 11.6. The Morgan fingerprint density at radius 1 is 1.59 bits per heavy atom. The predicted octanol–water partition coefficient (Wildman–Crippen LogP) is 1.21. The minimum Gasteiger partial charge on any atom is -0.481 e. The van der Waals surface area contributed by atoms with E-state index in [-0.39, 0.29) is 5.91 Å². The lowest BCUT2D eigenvalue weighted by Gasteiger charge is -2.16. The van der Waals surface area contributed by atoms with Crippen molar-refractivity contribution < 1.29 is 9.53 Å². The van der Waals surface area contributed by atoms with E-state index in [2.05, 4.69) is 11.9 Å². The third-order valence-corrected chi connectivity index (χ3v) is 2.29. The van der Waals surface area contributed by atoms with Crippen molar-refractivity contribution in [3.63, 3.8) is 0 Å². The summed E-state index contributed by atoms with van der Waals surface area (Å²) in [6.07, 6.45) is 1.07. The largest absolute Gasteiger partial charge is 0.481 e. The van der Waals surface area contributed by atoms with Crippen LogP contribution in [0, 0.1) is 0 Å². The lowest BCUT2D eigenvalue weighted by Crippen LogP contribution is -2.36. The molecule has 1 atom stereocenters. The van der Waals surface area contributed by atoms with E-state index in [4.69, 9.17) is 10.5 Å². The van der Waals surface area contributed by atoms with Gasteiger partial charge in [0, 0.05) is 18.7 Å². The molecule has 0 aromatic heterocycles. The first-order valence-corrected chi connectivity index (χ1v) is 5.52. The summed E-state index contributed by atoms with van der Waals surface area (Å²) in [6.45, 7) is 6.05. The second-order valence-electron chi connectivity index (χ2n) is 3.61. The third-order valence-electron chi connectivity index (χ3n) is 2.29. The number of benzene rings is 1. The van der Waals surface area contributed by atoms with E-state index in [0.29, 0.717) is 18.8 Å². The lowest BCUT2D eigenvalue weighted by atomic mass is 10.2. The second-order valence-corrected chi connectivity index (χ2v) is 3.61. The highest BCUT2D eigenvalue weighted by Gasteiger charge is 2.14. The number of carbonyl (C=O) groups excluding carboxylic acids is 1. The van der Waals surface area contributed by atoms with Crippen LogP contribution >= 0.6 is 0 Å². The molecule has 0 fully saturated rings. The van der Waals surface area contributed by atoms with Gasteiger partial charge >= 0.3 is 0 Å². The summed E-state index contributed by atoms with van der Waals surface area (Å²) < 4.78 is 5.57. The molecule has 0 aliphatic carbocycles. The molecule has 1 aromatic rings. The molecule has 92 valence electrons. The van der Waals surface area contributed by atoms with Gasteiger partial charge in [0.15, 0.2) is 6.10 Å². The Morgan fingerprint density at radius 2 is 2.29 bits per heavy atom. The van der Waals surface area contributed by atoms with Crippen molar-refractivity contribution in [3.05, 3.63) is 42.5 Å². The molecule has 4 heteroatoms. The Labute approximate surface area is 101 Å². The fraction of sp³-hybridized carbons (Fsp3) is 0.308. The van der Waals surface area contributed by atoms with Crippen molar-refractivity contribution in [1.82, 2.24) is 5.32 Å². The van der Waals surface area contributed by atoms with Crippen LogP contribution in [0.2, 0.25) is 0 Å². The molecule has 1 aromatic carbocycles. The molecule has 4 nitrogen and oxygen atoms in total. The summed E-state index contributed by atoms with van der Waals surface area (Å²) in [5, 5.41) is 2.68. The van der Waals surface area contributed by atoms with Gasteiger partial charge in [0.1, 0.15) is 5.75 Å². The van der Waals surface area contributed by atoms with Crippen molar-refractivity contribution in [3.8, 4) is 5.75 Å². The van der Waals surface area contributed by atoms with Crippen LogP contribution in [0.4, 0.5) is 0 Å². The van der Waals surface area contributed by atoms with E-state index in [1.165, 1.54) is 0 Å². The van der Waals surface area contributed by atoms with Gasteiger partial charge in [0.25, 0.3) is 5.91 Å². The van der Waals surface area contributed by atoms with Crippen LogP contribution < -0.4 is 15.8 Å². The third kappa shape index (κ3) is 3.92. The number of hydrogen-bond acceptors (Lipinski definition) is 3. The van der Waals surface area contributed by atoms with Crippen LogP contribution in [0.3, 0.4) is 0 Å². The molecule has 3 N–H and O–H groups in total. The van der Waals surface area contributed by atoms with Crippen molar-refractivity contribution in [2.45, 2.75) is 19.6 Å². The molecule has 0 radical (unpaired) electrons. The number of nitrogens with two attached hydrogens (primary N) is 1. The fourth-order valence-corrected chi connectivity index (χ4v) is 1.35. The normalized spacial score (nSPS) is 11.6. The molecule has 0 spiro atoms. The molecule has 0 aliphatic heterocycles. The van der Waals surface area contributed by atoms with E-state index in [1.807, 2.05) is 18.2 Å². The number of rotatable bonds is 6. The summed E-state index contributed by atoms with van der Waals surface area (Å²) in [4.78, 5) is 11.6. The zero-order valence-electron chi connectivity index (χ0n) is 9.98. The number of ether oxygens (including phenoxy) is 1. The van der Waals surface area contributed by atoms with Gasteiger partial charge in [0.2, 0.25) is 0 Å². The fourth-order valence-electron chi connectivity index (χ4n) is 1.35. The van der Waals surface area contributed by atoms with E-state index in [9.17, 15) is 4.79 Å². The van der Waals surface area contributed by atoms with Crippen molar-refractivity contribution in [1.29, 1.82) is 0 Å². The maximum absolute atomic E-state index is 11.6. The van der Waals surface area contributed by atoms with Crippen LogP contribution in [0.15, 0.2) is 36.9 Å². The standard InChI is InChI=1S/C13H18N2O2/c1-3-8-15-13(16)10(2)17-12-7-5-4-6-11(12)9-14/h3-7,10H,1,8-9,14H2,2H3,(H,15,16). The smallest absolute Gasteiger partial charge is 0.261 e. The molecule has 1 rings (SSSR count).